The molecule has 0 unspecified atom stereocenters. The number of aromatic nitrogens is 1. The zero-order chi connectivity index (χ0) is 23.8. The fourth-order valence-electron chi connectivity index (χ4n) is 3.78. The van der Waals surface area contributed by atoms with Crippen LogP contribution in [-0.4, -0.2) is 47.9 Å². The van der Waals surface area contributed by atoms with Crippen molar-refractivity contribution in [3.05, 3.63) is 52.7 Å². The highest BCUT2D eigenvalue weighted by molar-refractivity contribution is 6.06. The van der Waals surface area contributed by atoms with Crippen molar-refractivity contribution in [2.45, 2.75) is 59.5 Å². The van der Waals surface area contributed by atoms with Gasteiger partial charge >= 0.3 is 0 Å². The number of benzene rings is 1. The van der Waals surface area contributed by atoms with E-state index in [2.05, 4.69) is 53.1 Å². The van der Waals surface area contributed by atoms with Gasteiger partial charge in [-0.2, -0.15) is 10.2 Å². The number of anilines is 1. The molecule has 176 valence electrons. The molecule has 1 aliphatic heterocycles. The van der Waals surface area contributed by atoms with Crippen molar-refractivity contribution in [3.8, 4) is 5.75 Å². The van der Waals surface area contributed by atoms with Crippen molar-refractivity contribution < 1.29 is 9.53 Å². The van der Waals surface area contributed by atoms with Gasteiger partial charge in [0, 0.05) is 25.3 Å². The largest absolute Gasteiger partial charge is 0.496 e. The van der Waals surface area contributed by atoms with Crippen LogP contribution in [0.5, 0.6) is 5.75 Å². The maximum atomic E-state index is 13.1. The van der Waals surface area contributed by atoms with Gasteiger partial charge in [0.1, 0.15) is 11.6 Å². The fourth-order valence-corrected chi connectivity index (χ4v) is 3.78. The van der Waals surface area contributed by atoms with E-state index >= 15 is 0 Å². The third kappa shape index (κ3) is 6.96. The lowest BCUT2D eigenvalue weighted by Gasteiger charge is -2.32. The standard InChI is InChI=1S/C26H35N5O2/c1-18(2)8-7-12-27-28-16-22-9-6-10-25(29-22)30-26(32)23-14-21-17-31(19(3)4)13-11-20(21)15-24(23)33-5/h6,9-10,12,14-16,18-19H,7-8,11,13,17H2,1-5H3,(H,29,30,32)/b27-12+,28-16+. The second-order valence-corrected chi connectivity index (χ2v) is 9.05. The molecule has 3 rings (SSSR count). The molecule has 1 aromatic heterocycles. The van der Waals surface area contributed by atoms with Gasteiger partial charge in [-0.15, -0.1) is 0 Å². The number of nitrogens with one attached hydrogen (secondary N) is 1. The molecule has 0 saturated heterocycles. The Balaban J connectivity index is 1.71. The first-order valence-corrected chi connectivity index (χ1v) is 11.6. The van der Waals surface area contributed by atoms with Crippen LogP contribution < -0.4 is 10.1 Å². The molecule has 1 amide bonds. The summed E-state index contributed by atoms with van der Waals surface area (Å²) < 4.78 is 5.54. The molecule has 0 radical (unpaired) electrons. The Bertz CT molecular complexity index is 1010. The highest BCUT2D eigenvalue weighted by Gasteiger charge is 2.23. The van der Waals surface area contributed by atoms with E-state index in [0.717, 1.165) is 32.4 Å². The van der Waals surface area contributed by atoms with Gasteiger partial charge in [0.05, 0.1) is 24.6 Å². The summed E-state index contributed by atoms with van der Waals surface area (Å²) in [6.45, 7) is 10.6. The molecule has 2 heterocycles. The highest BCUT2D eigenvalue weighted by atomic mass is 16.5. The Kier molecular flexibility index (Phi) is 8.72. The molecule has 0 bridgehead atoms. The van der Waals surface area contributed by atoms with Crippen LogP contribution in [0.1, 0.15) is 67.7 Å². The van der Waals surface area contributed by atoms with Gasteiger partial charge in [0.25, 0.3) is 5.91 Å². The van der Waals surface area contributed by atoms with E-state index < -0.39 is 0 Å². The minimum Gasteiger partial charge on any atom is -0.496 e. The Morgan fingerprint density at radius 3 is 2.76 bits per heavy atom. The molecule has 7 heteroatoms. The molecular formula is C26H35N5O2. The van der Waals surface area contributed by atoms with E-state index in [9.17, 15) is 4.79 Å². The zero-order valence-electron chi connectivity index (χ0n) is 20.3. The van der Waals surface area contributed by atoms with E-state index in [4.69, 9.17) is 4.74 Å². The van der Waals surface area contributed by atoms with Crippen molar-refractivity contribution >= 4 is 24.2 Å². The van der Waals surface area contributed by atoms with Gasteiger partial charge in [-0.25, -0.2) is 4.98 Å². The number of hydrogen-bond donors (Lipinski definition) is 1. The van der Waals surface area contributed by atoms with E-state index in [1.165, 1.54) is 11.1 Å². The molecule has 7 nitrogen and oxygen atoms in total. The molecule has 0 aliphatic carbocycles. The number of rotatable bonds is 9. The van der Waals surface area contributed by atoms with Crippen molar-refractivity contribution in [1.82, 2.24) is 9.88 Å². The topological polar surface area (TPSA) is 79.2 Å². The Labute approximate surface area is 197 Å². The number of carbonyl (C=O) groups excluding carboxylic acids is 1. The van der Waals surface area contributed by atoms with Crippen LogP contribution in [0.3, 0.4) is 0 Å². The van der Waals surface area contributed by atoms with Crippen LogP contribution in [0.25, 0.3) is 0 Å². The van der Waals surface area contributed by atoms with Crippen molar-refractivity contribution in [3.63, 3.8) is 0 Å². The maximum Gasteiger partial charge on any atom is 0.260 e. The number of carbonyl (C=O) groups is 1. The lowest BCUT2D eigenvalue weighted by Crippen LogP contribution is -2.36. The van der Waals surface area contributed by atoms with Crippen molar-refractivity contribution in [2.24, 2.45) is 16.1 Å². The summed E-state index contributed by atoms with van der Waals surface area (Å²) in [5.74, 6) is 1.43. The monoisotopic (exact) mass is 449 g/mol. The van der Waals surface area contributed by atoms with Crippen LogP contribution in [0, 0.1) is 5.92 Å². The van der Waals surface area contributed by atoms with Gasteiger partial charge in [0.2, 0.25) is 0 Å². The Morgan fingerprint density at radius 2 is 2.03 bits per heavy atom. The Morgan fingerprint density at radius 1 is 1.21 bits per heavy atom. The number of pyridine rings is 1. The molecule has 0 atom stereocenters. The minimum absolute atomic E-state index is 0.246. The van der Waals surface area contributed by atoms with Gasteiger partial charge in [-0.3, -0.25) is 9.69 Å². The average Bonchev–Trinajstić information content (AvgIpc) is 2.80. The summed E-state index contributed by atoms with van der Waals surface area (Å²) in [7, 11) is 1.60. The highest BCUT2D eigenvalue weighted by Crippen LogP contribution is 2.29. The third-order valence-corrected chi connectivity index (χ3v) is 5.76. The van der Waals surface area contributed by atoms with E-state index in [0.29, 0.717) is 34.8 Å². The molecular weight excluding hydrogens is 414 g/mol. The number of hydrogen-bond acceptors (Lipinski definition) is 6. The van der Waals surface area contributed by atoms with Gasteiger partial charge in [-0.05, 0) is 74.4 Å². The van der Waals surface area contributed by atoms with E-state index in [1.54, 1.807) is 19.4 Å². The lowest BCUT2D eigenvalue weighted by molar-refractivity contribution is 0.102. The smallest absolute Gasteiger partial charge is 0.260 e. The molecule has 0 spiro atoms. The van der Waals surface area contributed by atoms with E-state index in [-0.39, 0.29) is 5.91 Å². The molecule has 0 saturated carbocycles. The molecule has 1 aliphatic rings. The summed E-state index contributed by atoms with van der Waals surface area (Å²) in [6.07, 6.45) is 6.33. The van der Waals surface area contributed by atoms with Gasteiger partial charge < -0.3 is 10.1 Å². The second kappa shape index (κ2) is 11.7. The SMILES string of the molecule is COc1cc2c(cc1C(=O)Nc1cccc(/C=N/N=C/CCC(C)C)n1)CN(C(C)C)CC2. The molecule has 0 fully saturated rings. The summed E-state index contributed by atoms with van der Waals surface area (Å²) in [5.41, 5.74) is 3.55. The van der Waals surface area contributed by atoms with Crippen LogP contribution in [0.15, 0.2) is 40.5 Å². The summed E-state index contributed by atoms with van der Waals surface area (Å²) in [5, 5.41) is 11.0. The summed E-state index contributed by atoms with van der Waals surface area (Å²) >= 11 is 0. The number of methoxy groups -OCH3 is 1. The van der Waals surface area contributed by atoms with Gasteiger partial charge in [0.15, 0.2) is 0 Å². The quantitative estimate of drug-likeness (QED) is 0.434. The van der Waals surface area contributed by atoms with Crippen molar-refractivity contribution in [1.29, 1.82) is 0 Å². The van der Waals surface area contributed by atoms with Crippen molar-refractivity contribution in [2.75, 3.05) is 19.0 Å². The number of amides is 1. The Hall–Kier alpha value is -3.06. The normalized spacial score (nSPS) is 14.4. The molecule has 1 N–H and O–H groups in total. The number of fused-ring (bicyclic) bond motifs is 1. The molecule has 33 heavy (non-hydrogen) atoms. The first-order chi connectivity index (χ1) is 15.9. The van der Waals surface area contributed by atoms with Crippen LogP contribution in [-0.2, 0) is 13.0 Å². The molecule has 1 aromatic carbocycles. The van der Waals surface area contributed by atoms with E-state index in [1.807, 2.05) is 30.5 Å². The van der Waals surface area contributed by atoms with Gasteiger partial charge in [-0.1, -0.05) is 19.9 Å². The lowest BCUT2D eigenvalue weighted by atomic mass is 9.95. The number of nitrogens with zero attached hydrogens (tertiary/aromatic N) is 4. The summed E-state index contributed by atoms with van der Waals surface area (Å²) in [4.78, 5) is 20.0. The first kappa shape index (κ1) is 24.6. The molecule has 2 aromatic rings. The van der Waals surface area contributed by atoms with Crippen LogP contribution in [0.2, 0.25) is 0 Å². The summed E-state index contributed by atoms with van der Waals surface area (Å²) in [6, 6.07) is 9.82. The van der Waals surface area contributed by atoms with Crippen LogP contribution in [0.4, 0.5) is 5.82 Å². The zero-order valence-corrected chi connectivity index (χ0v) is 20.3. The second-order valence-electron chi connectivity index (χ2n) is 9.05. The number of ether oxygens (including phenoxy) is 1. The first-order valence-electron chi connectivity index (χ1n) is 11.6. The predicted octanol–water partition coefficient (Wildman–Crippen LogP) is 4.95. The van der Waals surface area contributed by atoms with Crippen LogP contribution >= 0.6 is 0 Å². The fraction of sp³-hybridized carbons (Fsp3) is 0.462. The maximum absolute atomic E-state index is 13.1. The minimum atomic E-state index is -0.246. The average molecular weight is 450 g/mol. The third-order valence-electron chi connectivity index (χ3n) is 5.76. The predicted molar refractivity (Wildman–Crippen MR) is 135 cm³/mol.